The molecule has 0 amide bonds. The molecule has 132 valence electrons. The minimum Gasteiger partial charge on any atom is -0.497 e. The van der Waals surface area contributed by atoms with Gasteiger partial charge in [-0.2, -0.15) is 0 Å². The second-order valence-electron chi connectivity index (χ2n) is 6.72. The zero-order chi connectivity index (χ0) is 18.7. The molecule has 27 heavy (non-hydrogen) atoms. The van der Waals surface area contributed by atoms with Gasteiger partial charge in [-0.3, -0.25) is 0 Å². The Hall–Kier alpha value is -3.44. The van der Waals surface area contributed by atoms with Crippen LogP contribution in [0.2, 0.25) is 0 Å². The Labute approximate surface area is 159 Å². The van der Waals surface area contributed by atoms with Crippen LogP contribution in [0.1, 0.15) is 23.6 Å². The van der Waals surface area contributed by atoms with Crippen LogP contribution in [0.5, 0.6) is 5.75 Å². The van der Waals surface area contributed by atoms with Gasteiger partial charge in [0.15, 0.2) is 0 Å². The van der Waals surface area contributed by atoms with Gasteiger partial charge in [-0.15, -0.1) is 0 Å². The zero-order valence-electron chi connectivity index (χ0n) is 15.5. The molecule has 0 aliphatic carbocycles. The summed E-state index contributed by atoms with van der Waals surface area (Å²) in [6.07, 6.45) is 2.07. The quantitative estimate of drug-likeness (QED) is 0.482. The number of ether oxygens (including phenoxy) is 1. The first-order valence-corrected chi connectivity index (χ1v) is 9.00. The molecule has 1 aromatic heterocycles. The summed E-state index contributed by atoms with van der Waals surface area (Å²) in [5, 5.41) is 1.16. The van der Waals surface area contributed by atoms with Gasteiger partial charge in [0.25, 0.3) is 0 Å². The van der Waals surface area contributed by atoms with Gasteiger partial charge in [0, 0.05) is 28.7 Å². The van der Waals surface area contributed by atoms with E-state index in [0.29, 0.717) is 0 Å². The van der Waals surface area contributed by atoms with Crippen molar-refractivity contribution in [1.29, 1.82) is 0 Å². The molecule has 0 spiro atoms. The summed E-state index contributed by atoms with van der Waals surface area (Å²) in [7, 11) is 1.68. The molecule has 0 fully saturated rings. The van der Waals surface area contributed by atoms with Gasteiger partial charge in [0.2, 0.25) is 0 Å². The summed E-state index contributed by atoms with van der Waals surface area (Å²) in [6, 6.07) is 26.7. The topological polar surface area (TPSA) is 25.0 Å². The van der Waals surface area contributed by atoms with E-state index in [1.54, 1.807) is 7.11 Å². The molecular formula is C25H21NO. The lowest BCUT2D eigenvalue weighted by Gasteiger charge is -2.24. The van der Waals surface area contributed by atoms with Crippen LogP contribution in [0.25, 0.3) is 10.9 Å². The fraction of sp³-hybridized carbons (Fsp3) is 0.120. The van der Waals surface area contributed by atoms with E-state index in [0.717, 1.165) is 27.8 Å². The average molecular weight is 351 g/mol. The monoisotopic (exact) mass is 351 g/mol. The van der Waals surface area contributed by atoms with Crippen molar-refractivity contribution in [2.24, 2.45) is 0 Å². The maximum Gasteiger partial charge on any atom is 0.120 e. The van der Waals surface area contributed by atoms with E-state index in [1.807, 2.05) is 48.5 Å². The van der Waals surface area contributed by atoms with E-state index < -0.39 is 5.41 Å². The maximum absolute atomic E-state index is 5.36. The molecule has 0 aliphatic heterocycles. The van der Waals surface area contributed by atoms with E-state index in [-0.39, 0.29) is 0 Å². The van der Waals surface area contributed by atoms with Crippen LogP contribution in [0.15, 0.2) is 85.1 Å². The Morgan fingerprint density at radius 2 is 1.59 bits per heavy atom. The van der Waals surface area contributed by atoms with Crippen molar-refractivity contribution in [3.8, 4) is 17.6 Å². The predicted molar refractivity (Wildman–Crippen MR) is 111 cm³/mol. The number of methoxy groups -OCH3 is 1. The molecule has 2 nitrogen and oxygen atoms in total. The van der Waals surface area contributed by atoms with Gasteiger partial charge in [0.1, 0.15) is 5.75 Å². The molecule has 1 unspecified atom stereocenters. The Bertz CT molecular complexity index is 1120. The Kier molecular flexibility index (Phi) is 4.44. The number of aromatic amines is 1. The number of aromatic nitrogens is 1. The predicted octanol–water partition coefficient (Wildman–Crippen LogP) is 5.53. The molecule has 1 heterocycles. The lowest BCUT2D eigenvalue weighted by atomic mass is 9.76. The molecule has 0 saturated heterocycles. The van der Waals surface area contributed by atoms with Crippen molar-refractivity contribution >= 4 is 10.9 Å². The minimum atomic E-state index is -0.441. The Morgan fingerprint density at radius 3 is 2.30 bits per heavy atom. The van der Waals surface area contributed by atoms with E-state index >= 15 is 0 Å². The van der Waals surface area contributed by atoms with Crippen LogP contribution in [-0.4, -0.2) is 12.1 Å². The average Bonchev–Trinajstić information content (AvgIpc) is 3.17. The molecular weight excluding hydrogens is 330 g/mol. The SMILES string of the molecule is COc1ccc2c(C(C)(C#Cc3ccccc3)c3ccccc3)c[nH]c2c1. The third kappa shape index (κ3) is 3.20. The lowest BCUT2D eigenvalue weighted by Crippen LogP contribution is -2.21. The van der Waals surface area contributed by atoms with Crippen LogP contribution in [0.4, 0.5) is 0 Å². The third-order valence-electron chi connectivity index (χ3n) is 5.01. The van der Waals surface area contributed by atoms with Gasteiger partial charge in [-0.1, -0.05) is 60.4 Å². The van der Waals surface area contributed by atoms with Crippen LogP contribution in [0, 0.1) is 11.8 Å². The second kappa shape index (κ2) is 7.05. The molecule has 4 aromatic rings. The van der Waals surface area contributed by atoms with Gasteiger partial charge in [-0.25, -0.2) is 0 Å². The highest BCUT2D eigenvalue weighted by Crippen LogP contribution is 2.37. The van der Waals surface area contributed by atoms with Gasteiger partial charge in [0.05, 0.1) is 12.5 Å². The van der Waals surface area contributed by atoms with E-state index in [2.05, 4.69) is 60.3 Å². The van der Waals surface area contributed by atoms with Gasteiger partial charge < -0.3 is 9.72 Å². The molecule has 2 heteroatoms. The minimum absolute atomic E-state index is 0.441. The Balaban J connectivity index is 1.90. The molecule has 4 rings (SSSR count). The van der Waals surface area contributed by atoms with E-state index in [4.69, 9.17) is 4.74 Å². The Morgan fingerprint density at radius 1 is 0.889 bits per heavy atom. The zero-order valence-corrected chi connectivity index (χ0v) is 15.5. The summed E-state index contributed by atoms with van der Waals surface area (Å²) in [4.78, 5) is 3.39. The molecule has 0 aliphatic rings. The largest absolute Gasteiger partial charge is 0.497 e. The first-order valence-electron chi connectivity index (χ1n) is 9.00. The fourth-order valence-electron chi connectivity index (χ4n) is 3.43. The van der Waals surface area contributed by atoms with Crippen LogP contribution in [0.3, 0.4) is 0 Å². The summed E-state index contributed by atoms with van der Waals surface area (Å²) in [5.41, 5.74) is 3.96. The molecule has 1 N–H and O–H groups in total. The summed E-state index contributed by atoms with van der Waals surface area (Å²) in [6.45, 7) is 2.19. The molecule has 0 bridgehead atoms. The van der Waals surface area contributed by atoms with Crippen LogP contribution >= 0.6 is 0 Å². The second-order valence-corrected chi connectivity index (χ2v) is 6.72. The van der Waals surface area contributed by atoms with Crippen molar-refractivity contribution in [1.82, 2.24) is 4.98 Å². The fourth-order valence-corrected chi connectivity index (χ4v) is 3.43. The molecule has 0 radical (unpaired) electrons. The number of rotatable bonds is 3. The number of hydrogen-bond acceptors (Lipinski definition) is 1. The standard InChI is InChI=1S/C25H21NO/c1-25(20-11-7-4-8-12-20,16-15-19-9-5-3-6-10-19)23-18-26-24-17-21(27-2)13-14-22(23)24/h3-14,17-18,26H,1-2H3. The highest BCUT2D eigenvalue weighted by molar-refractivity contribution is 5.87. The molecule has 3 aromatic carbocycles. The summed E-state index contributed by atoms with van der Waals surface area (Å²) >= 11 is 0. The first kappa shape index (κ1) is 17.0. The van der Waals surface area contributed by atoms with Crippen LogP contribution in [-0.2, 0) is 5.41 Å². The van der Waals surface area contributed by atoms with E-state index in [9.17, 15) is 0 Å². The van der Waals surface area contributed by atoms with E-state index in [1.165, 1.54) is 5.56 Å². The number of hydrogen-bond donors (Lipinski definition) is 1. The van der Waals surface area contributed by atoms with Crippen LogP contribution < -0.4 is 4.74 Å². The van der Waals surface area contributed by atoms with Crippen molar-refractivity contribution in [3.63, 3.8) is 0 Å². The molecule has 0 saturated carbocycles. The van der Waals surface area contributed by atoms with Gasteiger partial charge in [-0.05, 0) is 42.3 Å². The number of nitrogens with one attached hydrogen (secondary N) is 1. The van der Waals surface area contributed by atoms with Crippen molar-refractivity contribution < 1.29 is 4.74 Å². The van der Waals surface area contributed by atoms with Crippen molar-refractivity contribution in [3.05, 3.63) is 102 Å². The lowest BCUT2D eigenvalue weighted by molar-refractivity contribution is 0.415. The number of fused-ring (bicyclic) bond motifs is 1. The van der Waals surface area contributed by atoms with Crippen molar-refractivity contribution in [2.45, 2.75) is 12.3 Å². The highest BCUT2D eigenvalue weighted by atomic mass is 16.5. The van der Waals surface area contributed by atoms with Gasteiger partial charge >= 0.3 is 0 Å². The number of H-pyrrole nitrogens is 1. The summed E-state index contributed by atoms with van der Waals surface area (Å²) in [5.74, 6) is 7.76. The summed E-state index contributed by atoms with van der Waals surface area (Å²) < 4.78 is 5.36. The highest BCUT2D eigenvalue weighted by Gasteiger charge is 2.29. The van der Waals surface area contributed by atoms with Crippen molar-refractivity contribution in [2.75, 3.05) is 7.11 Å². The first-order chi connectivity index (χ1) is 13.2. The third-order valence-corrected chi connectivity index (χ3v) is 5.01. The maximum atomic E-state index is 5.36. The normalized spacial score (nSPS) is 12.8. The smallest absolute Gasteiger partial charge is 0.120 e. The number of benzene rings is 3. The molecule has 1 atom stereocenters.